The monoisotopic (exact) mass is 303 g/mol. The van der Waals surface area contributed by atoms with E-state index in [0.29, 0.717) is 12.0 Å². The first kappa shape index (κ1) is 13.0. The van der Waals surface area contributed by atoms with Gasteiger partial charge in [-0.1, -0.05) is 0 Å². The Morgan fingerprint density at radius 3 is 2.67 bits per heavy atom. The number of nitrogens with zero attached hydrogens (tertiary/aromatic N) is 6. The smallest absolute Gasteiger partial charge is 0.215 e. The van der Waals surface area contributed by atoms with Crippen LogP contribution in [-0.4, -0.2) is 37.2 Å². The zero-order valence-electron chi connectivity index (χ0n) is 12.1. The molecule has 0 saturated heterocycles. The van der Waals surface area contributed by atoms with E-state index in [-0.39, 0.29) is 0 Å². The van der Waals surface area contributed by atoms with Crippen molar-refractivity contribution in [3.8, 4) is 0 Å². The Labute approximate surface area is 126 Å². The Bertz CT molecular complexity index is 675. The van der Waals surface area contributed by atoms with E-state index in [1.54, 1.807) is 11.8 Å². The van der Waals surface area contributed by atoms with Gasteiger partial charge < -0.3 is 5.32 Å². The molecule has 0 bridgehead atoms. The molecule has 0 amide bonds. The van der Waals surface area contributed by atoms with Crippen molar-refractivity contribution in [2.45, 2.75) is 54.7 Å². The van der Waals surface area contributed by atoms with Crippen molar-refractivity contribution in [2.75, 3.05) is 12.4 Å². The van der Waals surface area contributed by atoms with Crippen molar-refractivity contribution >= 4 is 17.6 Å². The average Bonchev–Trinajstić information content (AvgIpc) is 3.40. The van der Waals surface area contributed by atoms with Gasteiger partial charge in [0.1, 0.15) is 16.7 Å². The molecule has 2 aromatic heterocycles. The molecular weight excluding hydrogens is 286 g/mol. The minimum absolute atomic E-state index is 0.469. The van der Waals surface area contributed by atoms with Gasteiger partial charge in [0, 0.05) is 18.5 Å². The fraction of sp³-hybridized carbons (Fsp3) is 0.615. The van der Waals surface area contributed by atoms with E-state index in [1.165, 1.54) is 12.8 Å². The van der Waals surface area contributed by atoms with E-state index in [1.807, 2.05) is 18.7 Å². The Hall–Kier alpha value is -1.70. The van der Waals surface area contributed by atoms with Crippen LogP contribution in [0.5, 0.6) is 0 Å². The molecule has 1 N–H and O–H groups in total. The maximum atomic E-state index is 4.74. The molecule has 2 aromatic rings. The summed E-state index contributed by atoms with van der Waals surface area (Å²) in [7, 11) is 1.90. The molecule has 7 nitrogen and oxygen atoms in total. The topological polar surface area (TPSA) is 81.4 Å². The number of aromatic nitrogens is 6. The van der Waals surface area contributed by atoms with E-state index in [0.717, 1.165) is 40.2 Å². The van der Waals surface area contributed by atoms with Crippen molar-refractivity contribution in [1.82, 2.24) is 30.2 Å². The lowest BCUT2D eigenvalue weighted by Crippen LogP contribution is -2.05. The van der Waals surface area contributed by atoms with Gasteiger partial charge in [0.15, 0.2) is 0 Å². The Morgan fingerprint density at radius 1 is 1.19 bits per heavy atom. The molecular formula is C13H17N7S. The van der Waals surface area contributed by atoms with Gasteiger partial charge in [-0.2, -0.15) is 0 Å². The van der Waals surface area contributed by atoms with Crippen molar-refractivity contribution in [3.05, 3.63) is 11.4 Å². The van der Waals surface area contributed by atoms with Gasteiger partial charge in [0.2, 0.25) is 5.16 Å². The summed E-state index contributed by atoms with van der Waals surface area (Å²) in [6.45, 7) is 2.04. The minimum Gasteiger partial charge on any atom is -0.373 e. The van der Waals surface area contributed by atoms with Gasteiger partial charge in [-0.25, -0.2) is 14.6 Å². The normalized spacial score (nSPS) is 18.0. The second-order valence-corrected chi connectivity index (χ2v) is 6.58. The van der Waals surface area contributed by atoms with Gasteiger partial charge in [-0.3, -0.25) is 0 Å². The van der Waals surface area contributed by atoms with Gasteiger partial charge in [0.25, 0.3) is 0 Å². The average molecular weight is 303 g/mol. The summed E-state index contributed by atoms with van der Waals surface area (Å²) in [5, 5.41) is 17.0. The van der Waals surface area contributed by atoms with E-state index in [2.05, 4.69) is 25.8 Å². The Morgan fingerprint density at radius 2 is 2.00 bits per heavy atom. The standard InChI is InChI=1S/C13H17N7S/c1-7-10(14-2)15-11(8-3-4-8)16-12(7)21-13-17-18-19-20(13)9-5-6-9/h8-9H,3-6H2,1-2H3,(H,14,15,16). The van der Waals surface area contributed by atoms with E-state index >= 15 is 0 Å². The zero-order valence-corrected chi connectivity index (χ0v) is 12.9. The molecule has 21 heavy (non-hydrogen) atoms. The summed E-state index contributed by atoms with van der Waals surface area (Å²) >= 11 is 1.54. The molecule has 0 spiro atoms. The van der Waals surface area contributed by atoms with Crippen molar-refractivity contribution in [1.29, 1.82) is 0 Å². The van der Waals surface area contributed by atoms with E-state index < -0.39 is 0 Å². The largest absolute Gasteiger partial charge is 0.373 e. The number of anilines is 1. The SMILES string of the molecule is CNc1nc(C2CC2)nc(Sc2nnnn2C2CC2)c1C. The second kappa shape index (κ2) is 4.94. The van der Waals surface area contributed by atoms with Crippen LogP contribution in [0, 0.1) is 6.92 Å². The maximum absolute atomic E-state index is 4.74. The lowest BCUT2D eigenvalue weighted by Gasteiger charge is -2.11. The van der Waals surface area contributed by atoms with Crippen molar-refractivity contribution in [3.63, 3.8) is 0 Å². The highest BCUT2D eigenvalue weighted by atomic mass is 32.2. The first-order valence-corrected chi connectivity index (χ1v) is 8.10. The highest BCUT2D eigenvalue weighted by Gasteiger charge is 2.30. The molecule has 2 saturated carbocycles. The molecule has 0 unspecified atom stereocenters. The van der Waals surface area contributed by atoms with Crippen LogP contribution in [0.2, 0.25) is 0 Å². The summed E-state index contributed by atoms with van der Waals surface area (Å²) in [4.78, 5) is 9.36. The fourth-order valence-corrected chi connectivity index (χ4v) is 3.19. The molecule has 2 fully saturated rings. The predicted octanol–water partition coefficient (Wildman–Crippen LogP) is 2.18. The Balaban J connectivity index is 1.69. The molecule has 0 radical (unpaired) electrons. The molecule has 2 heterocycles. The first-order valence-electron chi connectivity index (χ1n) is 7.28. The first-order chi connectivity index (χ1) is 10.3. The third kappa shape index (κ3) is 2.48. The third-order valence-electron chi connectivity index (χ3n) is 3.84. The van der Waals surface area contributed by atoms with Crippen molar-refractivity contribution in [2.24, 2.45) is 0 Å². The van der Waals surface area contributed by atoms with Gasteiger partial charge in [-0.05, 0) is 54.8 Å². The third-order valence-corrected chi connectivity index (χ3v) is 4.88. The quantitative estimate of drug-likeness (QED) is 0.848. The van der Waals surface area contributed by atoms with E-state index in [9.17, 15) is 0 Å². The lowest BCUT2D eigenvalue weighted by atomic mass is 10.3. The molecule has 8 heteroatoms. The summed E-state index contributed by atoms with van der Waals surface area (Å²) in [6.07, 6.45) is 4.71. The summed E-state index contributed by atoms with van der Waals surface area (Å²) in [6, 6.07) is 0.469. The Kier molecular flexibility index (Phi) is 3.06. The minimum atomic E-state index is 0.469. The summed E-state index contributed by atoms with van der Waals surface area (Å²) < 4.78 is 1.92. The van der Waals surface area contributed by atoms with E-state index in [4.69, 9.17) is 4.98 Å². The number of rotatable bonds is 5. The van der Waals surface area contributed by atoms with Crippen LogP contribution >= 0.6 is 11.8 Å². The molecule has 110 valence electrons. The van der Waals surface area contributed by atoms with Gasteiger partial charge in [-0.15, -0.1) is 5.10 Å². The molecule has 0 aromatic carbocycles. The van der Waals surface area contributed by atoms with Crippen LogP contribution in [0.4, 0.5) is 5.82 Å². The highest BCUT2D eigenvalue weighted by Crippen LogP contribution is 2.42. The zero-order chi connectivity index (χ0) is 14.4. The number of nitrogens with one attached hydrogen (secondary N) is 1. The van der Waals surface area contributed by atoms with Crippen LogP contribution in [0.25, 0.3) is 0 Å². The van der Waals surface area contributed by atoms with Gasteiger partial charge in [0.05, 0.1) is 6.04 Å². The number of tetrazole rings is 1. The van der Waals surface area contributed by atoms with Crippen LogP contribution in [0.3, 0.4) is 0 Å². The fourth-order valence-electron chi connectivity index (χ4n) is 2.27. The number of hydrogen-bond acceptors (Lipinski definition) is 7. The molecule has 4 rings (SSSR count). The molecule has 2 aliphatic rings. The number of hydrogen-bond donors (Lipinski definition) is 1. The molecule has 0 atom stereocenters. The van der Waals surface area contributed by atoms with Crippen LogP contribution in [0.15, 0.2) is 10.2 Å². The van der Waals surface area contributed by atoms with Crippen LogP contribution < -0.4 is 5.32 Å². The van der Waals surface area contributed by atoms with Gasteiger partial charge >= 0.3 is 0 Å². The van der Waals surface area contributed by atoms with Crippen LogP contribution in [0.1, 0.15) is 49.0 Å². The predicted molar refractivity (Wildman–Crippen MR) is 78.5 cm³/mol. The lowest BCUT2D eigenvalue weighted by molar-refractivity contribution is 0.565. The van der Waals surface area contributed by atoms with Crippen molar-refractivity contribution < 1.29 is 0 Å². The maximum Gasteiger partial charge on any atom is 0.215 e. The summed E-state index contributed by atoms with van der Waals surface area (Å²) in [5.41, 5.74) is 1.05. The molecule has 2 aliphatic carbocycles. The van der Waals surface area contributed by atoms with Crippen LogP contribution in [-0.2, 0) is 0 Å². The summed E-state index contributed by atoms with van der Waals surface area (Å²) in [5.74, 6) is 2.37. The second-order valence-electron chi connectivity index (χ2n) is 5.62. The highest BCUT2D eigenvalue weighted by molar-refractivity contribution is 7.99. The molecule has 0 aliphatic heterocycles.